The Morgan fingerprint density at radius 2 is 1.70 bits per heavy atom. The number of sulfonamides is 1. The lowest BCUT2D eigenvalue weighted by atomic mass is 10.1. The fourth-order valence-electron chi connectivity index (χ4n) is 2.74. The molecule has 0 unspecified atom stereocenters. The maximum Gasteiger partial charge on any atom is 0.262 e. The van der Waals surface area contributed by atoms with Crippen LogP contribution in [0.5, 0.6) is 0 Å². The smallest absolute Gasteiger partial charge is 0.262 e. The highest BCUT2D eigenvalue weighted by Crippen LogP contribution is 2.23. The maximum absolute atomic E-state index is 13.2. The number of rotatable bonds is 5. The fourth-order valence-corrected chi connectivity index (χ4v) is 4.02. The Balaban J connectivity index is 1.77. The number of aromatic nitrogens is 1. The standard InChI is InChI=1S/C20H20FN3O2S/c1-13-4-7-18(14(2)10-13)23-20-9-6-17(12-22-20)24-27(25,26)19-8-5-16(21)11-15(19)3/h4-12,24H,1-3H3,(H,22,23). The topological polar surface area (TPSA) is 71.1 Å². The highest BCUT2D eigenvalue weighted by atomic mass is 32.2. The summed E-state index contributed by atoms with van der Waals surface area (Å²) < 4.78 is 40.7. The largest absolute Gasteiger partial charge is 0.340 e. The highest BCUT2D eigenvalue weighted by molar-refractivity contribution is 7.92. The van der Waals surface area contributed by atoms with Crippen molar-refractivity contribution in [2.45, 2.75) is 25.7 Å². The molecule has 0 saturated carbocycles. The summed E-state index contributed by atoms with van der Waals surface area (Å²) in [6.45, 7) is 5.58. The molecule has 140 valence electrons. The van der Waals surface area contributed by atoms with Gasteiger partial charge in [0.1, 0.15) is 11.6 Å². The van der Waals surface area contributed by atoms with Gasteiger partial charge in [-0.25, -0.2) is 17.8 Å². The Bertz CT molecular complexity index is 1080. The summed E-state index contributed by atoms with van der Waals surface area (Å²) in [5.41, 5.74) is 3.86. The van der Waals surface area contributed by atoms with Gasteiger partial charge >= 0.3 is 0 Å². The molecule has 0 spiro atoms. The molecule has 0 atom stereocenters. The van der Waals surface area contributed by atoms with Gasteiger partial charge in [0.15, 0.2) is 0 Å². The van der Waals surface area contributed by atoms with Gasteiger partial charge < -0.3 is 5.32 Å². The quantitative estimate of drug-likeness (QED) is 0.668. The van der Waals surface area contributed by atoms with Crippen molar-refractivity contribution in [3.63, 3.8) is 0 Å². The number of nitrogens with zero attached hydrogens (tertiary/aromatic N) is 1. The number of aryl methyl sites for hydroxylation is 3. The van der Waals surface area contributed by atoms with E-state index in [2.05, 4.69) is 21.1 Å². The molecule has 1 aromatic heterocycles. The second kappa shape index (κ2) is 7.36. The van der Waals surface area contributed by atoms with Gasteiger partial charge in [-0.2, -0.15) is 0 Å². The van der Waals surface area contributed by atoms with Crippen LogP contribution in [0.3, 0.4) is 0 Å². The van der Waals surface area contributed by atoms with Crippen LogP contribution in [0.4, 0.5) is 21.6 Å². The van der Waals surface area contributed by atoms with Crippen molar-refractivity contribution in [1.82, 2.24) is 4.98 Å². The summed E-state index contributed by atoms with van der Waals surface area (Å²) in [7, 11) is -3.82. The number of nitrogens with one attached hydrogen (secondary N) is 2. The zero-order valence-corrected chi connectivity index (χ0v) is 16.1. The van der Waals surface area contributed by atoms with E-state index in [1.54, 1.807) is 19.1 Å². The van der Waals surface area contributed by atoms with Gasteiger partial charge in [0.2, 0.25) is 0 Å². The number of hydrogen-bond donors (Lipinski definition) is 2. The normalized spacial score (nSPS) is 11.3. The lowest BCUT2D eigenvalue weighted by molar-refractivity contribution is 0.598. The van der Waals surface area contributed by atoms with Crippen molar-refractivity contribution < 1.29 is 12.8 Å². The lowest BCUT2D eigenvalue weighted by Gasteiger charge is -2.12. The van der Waals surface area contributed by atoms with Crippen LogP contribution >= 0.6 is 0 Å². The van der Waals surface area contributed by atoms with Crippen molar-refractivity contribution in [1.29, 1.82) is 0 Å². The monoisotopic (exact) mass is 385 g/mol. The third kappa shape index (κ3) is 4.43. The van der Waals surface area contributed by atoms with Gasteiger partial charge in [0, 0.05) is 5.69 Å². The van der Waals surface area contributed by atoms with Crippen LogP contribution in [0.15, 0.2) is 59.6 Å². The molecule has 5 nitrogen and oxygen atoms in total. The van der Waals surface area contributed by atoms with Gasteiger partial charge in [-0.15, -0.1) is 0 Å². The third-order valence-electron chi connectivity index (χ3n) is 4.09. The van der Waals surface area contributed by atoms with Gasteiger partial charge in [-0.1, -0.05) is 17.7 Å². The van der Waals surface area contributed by atoms with Crippen LogP contribution in [0.1, 0.15) is 16.7 Å². The average Bonchev–Trinajstić information content (AvgIpc) is 2.58. The summed E-state index contributed by atoms with van der Waals surface area (Å²) in [5.74, 6) is 0.123. The molecular formula is C20H20FN3O2S. The van der Waals surface area contributed by atoms with E-state index in [-0.39, 0.29) is 4.90 Å². The Kier molecular flexibility index (Phi) is 5.14. The van der Waals surface area contributed by atoms with E-state index in [1.807, 2.05) is 26.0 Å². The molecule has 3 rings (SSSR count). The lowest BCUT2D eigenvalue weighted by Crippen LogP contribution is -2.14. The summed E-state index contributed by atoms with van der Waals surface area (Å²) in [4.78, 5) is 4.28. The highest BCUT2D eigenvalue weighted by Gasteiger charge is 2.17. The summed E-state index contributed by atoms with van der Waals surface area (Å²) in [6.07, 6.45) is 1.43. The molecular weight excluding hydrogens is 365 g/mol. The third-order valence-corrected chi connectivity index (χ3v) is 5.63. The van der Waals surface area contributed by atoms with Crippen LogP contribution in [0.25, 0.3) is 0 Å². The average molecular weight is 385 g/mol. The second-order valence-electron chi connectivity index (χ2n) is 6.39. The molecule has 27 heavy (non-hydrogen) atoms. The van der Waals surface area contributed by atoms with Crippen LogP contribution in [0.2, 0.25) is 0 Å². The van der Waals surface area contributed by atoms with Crippen molar-refractivity contribution in [3.8, 4) is 0 Å². The molecule has 1 heterocycles. The SMILES string of the molecule is Cc1ccc(Nc2ccc(NS(=O)(=O)c3ccc(F)cc3C)cn2)c(C)c1. The van der Waals surface area contributed by atoms with Gasteiger partial charge in [-0.3, -0.25) is 4.72 Å². The van der Waals surface area contributed by atoms with E-state index in [0.29, 0.717) is 17.1 Å². The Morgan fingerprint density at radius 3 is 2.33 bits per heavy atom. The number of benzene rings is 2. The van der Waals surface area contributed by atoms with E-state index >= 15 is 0 Å². The predicted octanol–water partition coefficient (Wildman–Crippen LogP) is 4.69. The summed E-state index contributed by atoms with van der Waals surface area (Å²) in [6, 6.07) is 12.9. The summed E-state index contributed by atoms with van der Waals surface area (Å²) in [5, 5.41) is 3.21. The molecule has 0 fully saturated rings. The number of anilines is 3. The Morgan fingerprint density at radius 1 is 0.926 bits per heavy atom. The van der Waals surface area contributed by atoms with Crippen LogP contribution in [-0.4, -0.2) is 13.4 Å². The van der Waals surface area contributed by atoms with Crippen LogP contribution in [-0.2, 0) is 10.0 Å². The molecule has 0 aliphatic rings. The van der Waals surface area contributed by atoms with Gasteiger partial charge in [-0.05, 0) is 68.3 Å². The molecule has 0 aliphatic carbocycles. The van der Waals surface area contributed by atoms with E-state index in [4.69, 9.17) is 0 Å². The minimum atomic E-state index is -3.82. The summed E-state index contributed by atoms with van der Waals surface area (Å²) >= 11 is 0. The molecule has 2 aromatic carbocycles. The van der Waals surface area contributed by atoms with E-state index in [0.717, 1.165) is 17.3 Å². The molecule has 7 heteroatoms. The molecule has 2 N–H and O–H groups in total. The van der Waals surface area contributed by atoms with Gasteiger partial charge in [0.05, 0.1) is 16.8 Å². The first-order valence-electron chi connectivity index (χ1n) is 8.34. The molecule has 0 saturated heterocycles. The molecule has 0 radical (unpaired) electrons. The first-order chi connectivity index (χ1) is 12.7. The Hall–Kier alpha value is -2.93. The minimum Gasteiger partial charge on any atom is -0.340 e. The number of halogens is 1. The maximum atomic E-state index is 13.2. The van der Waals surface area contributed by atoms with Crippen molar-refractivity contribution in [2.24, 2.45) is 0 Å². The number of hydrogen-bond acceptors (Lipinski definition) is 4. The molecule has 3 aromatic rings. The number of pyridine rings is 1. The van der Waals surface area contributed by atoms with E-state index < -0.39 is 15.8 Å². The van der Waals surface area contributed by atoms with E-state index in [9.17, 15) is 12.8 Å². The van der Waals surface area contributed by atoms with E-state index in [1.165, 1.54) is 23.9 Å². The first kappa shape index (κ1) is 18.8. The van der Waals surface area contributed by atoms with Crippen molar-refractivity contribution >= 4 is 27.2 Å². The zero-order chi connectivity index (χ0) is 19.6. The molecule has 0 bridgehead atoms. The van der Waals surface area contributed by atoms with Crippen LogP contribution in [0, 0.1) is 26.6 Å². The van der Waals surface area contributed by atoms with Crippen molar-refractivity contribution in [2.75, 3.05) is 10.0 Å². The second-order valence-corrected chi connectivity index (χ2v) is 8.04. The first-order valence-corrected chi connectivity index (χ1v) is 9.82. The Labute approximate surface area is 158 Å². The zero-order valence-electron chi connectivity index (χ0n) is 15.2. The van der Waals surface area contributed by atoms with Gasteiger partial charge in [0.25, 0.3) is 10.0 Å². The van der Waals surface area contributed by atoms with Crippen LogP contribution < -0.4 is 10.0 Å². The predicted molar refractivity (Wildman–Crippen MR) is 105 cm³/mol. The molecule has 0 aliphatic heterocycles. The van der Waals surface area contributed by atoms with Crippen molar-refractivity contribution in [3.05, 3.63) is 77.2 Å². The molecule has 0 amide bonds. The minimum absolute atomic E-state index is 0.0291. The fraction of sp³-hybridized carbons (Fsp3) is 0.150.